The molecule has 5 nitrogen and oxygen atoms in total. The third-order valence-corrected chi connectivity index (χ3v) is 5.46. The number of aromatic nitrogens is 1. The lowest BCUT2D eigenvalue weighted by Gasteiger charge is -2.18. The molecule has 0 spiro atoms. The van der Waals surface area contributed by atoms with Gasteiger partial charge in [0.15, 0.2) is 5.13 Å². The maximum Gasteiger partial charge on any atom is 0.406 e. The number of halogens is 3. The summed E-state index contributed by atoms with van der Waals surface area (Å²) in [7, 11) is 0. The normalized spacial score (nSPS) is 18.0. The number of nitrogens with zero attached hydrogens (tertiary/aromatic N) is 2. The van der Waals surface area contributed by atoms with E-state index in [1.165, 1.54) is 11.3 Å². The second-order valence-corrected chi connectivity index (χ2v) is 7.87. The fourth-order valence-corrected chi connectivity index (χ4v) is 4.16. The Hall–Kier alpha value is -1.94. The number of anilines is 1. The Bertz CT molecular complexity index is 800. The quantitative estimate of drug-likeness (QED) is 0.870. The van der Waals surface area contributed by atoms with Crippen molar-refractivity contribution in [1.29, 1.82) is 0 Å². The molecule has 0 aliphatic carbocycles. The number of carbonyl (C=O) groups excluding carboxylic acids is 2. The first kappa shape index (κ1) is 17.9. The lowest BCUT2D eigenvalue weighted by atomic mass is 10.1. The number of aryl methyl sites for hydroxylation is 1. The molecular weight excluding hydrogens is 375 g/mol. The third-order valence-electron chi connectivity index (χ3n) is 3.68. The van der Waals surface area contributed by atoms with Gasteiger partial charge >= 0.3 is 6.18 Å². The SMILES string of the molecule is Cc1ccc(-c2csc(NC(=O)C3CC(=O)N(CC(F)(F)F)C3)n2)s1. The summed E-state index contributed by atoms with van der Waals surface area (Å²) >= 11 is 2.82. The zero-order valence-corrected chi connectivity index (χ0v) is 14.7. The van der Waals surface area contributed by atoms with E-state index in [0.717, 1.165) is 15.4 Å². The van der Waals surface area contributed by atoms with Gasteiger partial charge in [0.1, 0.15) is 6.54 Å². The molecule has 1 N–H and O–H groups in total. The molecule has 0 aromatic carbocycles. The molecule has 134 valence electrons. The van der Waals surface area contributed by atoms with Crippen molar-refractivity contribution in [3.05, 3.63) is 22.4 Å². The van der Waals surface area contributed by atoms with Gasteiger partial charge in [-0.2, -0.15) is 13.2 Å². The fraction of sp³-hybridized carbons (Fsp3) is 0.400. The summed E-state index contributed by atoms with van der Waals surface area (Å²) in [5.41, 5.74) is 0.736. The van der Waals surface area contributed by atoms with Crippen LogP contribution in [0, 0.1) is 12.8 Å². The highest BCUT2D eigenvalue weighted by molar-refractivity contribution is 7.17. The molecule has 25 heavy (non-hydrogen) atoms. The van der Waals surface area contributed by atoms with Gasteiger partial charge in [-0.05, 0) is 19.1 Å². The summed E-state index contributed by atoms with van der Waals surface area (Å²) in [5.74, 6) is -1.95. The molecule has 1 atom stereocenters. The Kier molecular flexibility index (Phi) is 4.83. The minimum absolute atomic E-state index is 0.218. The van der Waals surface area contributed by atoms with Crippen molar-refractivity contribution in [1.82, 2.24) is 9.88 Å². The van der Waals surface area contributed by atoms with Gasteiger partial charge in [-0.3, -0.25) is 9.59 Å². The predicted molar refractivity (Wildman–Crippen MR) is 89.5 cm³/mol. The Morgan fingerprint density at radius 3 is 2.84 bits per heavy atom. The molecular formula is C15H14F3N3O2S2. The van der Waals surface area contributed by atoms with Crippen LogP contribution in [0.5, 0.6) is 0 Å². The van der Waals surface area contributed by atoms with E-state index < -0.39 is 30.5 Å². The highest BCUT2D eigenvalue weighted by atomic mass is 32.1. The van der Waals surface area contributed by atoms with Crippen LogP contribution in [0.25, 0.3) is 10.6 Å². The van der Waals surface area contributed by atoms with Crippen LogP contribution >= 0.6 is 22.7 Å². The first-order valence-corrected chi connectivity index (χ1v) is 9.08. The third kappa shape index (κ3) is 4.37. The summed E-state index contributed by atoms with van der Waals surface area (Å²) in [4.78, 5) is 31.0. The van der Waals surface area contributed by atoms with Crippen molar-refractivity contribution < 1.29 is 22.8 Å². The smallest absolute Gasteiger partial charge is 0.333 e. The first-order chi connectivity index (χ1) is 11.7. The van der Waals surface area contributed by atoms with Gasteiger partial charge in [0.2, 0.25) is 11.8 Å². The fourth-order valence-electron chi connectivity index (χ4n) is 2.54. The van der Waals surface area contributed by atoms with E-state index >= 15 is 0 Å². The Morgan fingerprint density at radius 2 is 2.20 bits per heavy atom. The van der Waals surface area contributed by atoms with E-state index in [0.29, 0.717) is 10.0 Å². The molecule has 0 saturated carbocycles. The van der Waals surface area contributed by atoms with Crippen molar-refractivity contribution in [2.45, 2.75) is 19.5 Å². The number of carbonyl (C=O) groups is 2. The molecule has 1 saturated heterocycles. The zero-order chi connectivity index (χ0) is 18.2. The average Bonchev–Trinajstić information content (AvgIpc) is 3.19. The lowest BCUT2D eigenvalue weighted by molar-refractivity contribution is -0.157. The van der Waals surface area contributed by atoms with Gasteiger partial charge in [0.25, 0.3) is 0 Å². The maximum atomic E-state index is 12.4. The van der Waals surface area contributed by atoms with Crippen molar-refractivity contribution in [3.8, 4) is 10.6 Å². The molecule has 1 unspecified atom stereocenters. The minimum Gasteiger partial charge on any atom is -0.333 e. The number of rotatable bonds is 4. The van der Waals surface area contributed by atoms with Crippen LogP contribution in [0.2, 0.25) is 0 Å². The Labute approximate surface area is 149 Å². The summed E-state index contributed by atoms with van der Waals surface area (Å²) in [6.07, 6.45) is -4.69. The monoisotopic (exact) mass is 389 g/mol. The summed E-state index contributed by atoms with van der Waals surface area (Å²) in [5, 5.41) is 4.77. The van der Waals surface area contributed by atoms with E-state index in [9.17, 15) is 22.8 Å². The number of nitrogens with one attached hydrogen (secondary N) is 1. The number of thiazole rings is 1. The molecule has 2 aromatic heterocycles. The van der Waals surface area contributed by atoms with Crippen molar-refractivity contribution in [2.24, 2.45) is 5.92 Å². The predicted octanol–water partition coefficient (Wildman–Crippen LogP) is 3.53. The van der Waals surface area contributed by atoms with E-state index in [2.05, 4.69) is 10.3 Å². The topological polar surface area (TPSA) is 62.3 Å². The van der Waals surface area contributed by atoms with Gasteiger partial charge in [-0.25, -0.2) is 4.98 Å². The molecule has 0 bridgehead atoms. The summed E-state index contributed by atoms with van der Waals surface area (Å²) in [6.45, 7) is 0.425. The molecule has 2 aromatic rings. The number of hydrogen-bond donors (Lipinski definition) is 1. The highest BCUT2D eigenvalue weighted by Gasteiger charge is 2.40. The van der Waals surface area contributed by atoms with Crippen LogP contribution in [0.1, 0.15) is 11.3 Å². The largest absolute Gasteiger partial charge is 0.406 e. The van der Waals surface area contributed by atoms with Crippen molar-refractivity contribution in [3.63, 3.8) is 0 Å². The molecule has 3 rings (SSSR count). The van der Waals surface area contributed by atoms with Crippen LogP contribution in [-0.4, -0.2) is 41.0 Å². The maximum absolute atomic E-state index is 12.4. The van der Waals surface area contributed by atoms with E-state index in [4.69, 9.17) is 0 Å². The van der Waals surface area contributed by atoms with Crippen LogP contribution in [0.15, 0.2) is 17.5 Å². The number of alkyl halides is 3. The van der Waals surface area contributed by atoms with Crippen LogP contribution in [0.4, 0.5) is 18.3 Å². The van der Waals surface area contributed by atoms with Crippen LogP contribution < -0.4 is 5.32 Å². The molecule has 3 heterocycles. The van der Waals surface area contributed by atoms with Crippen LogP contribution in [0.3, 0.4) is 0 Å². The second-order valence-electron chi connectivity index (χ2n) is 5.73. The number of thiophene rings is 1. The standard InChI is InChI=1S/C15H14F3N3O2S2/c1-8-2-3-11(25-8)10-6-24-14(19-10)20-13(23)9-4-12(22)21(5-9)7-15(16,17)18/h2-3,6,9H,4-5,7H2,1H3,(H,19,20,23). The molecule has 0 radical (unpaired) electrons. The van der Waals surface area contributed by atoms with Gasteiger partial charge < -0.3 is 10.2 Å². The minimum atomic E-state index is -4.47. The number of hydrogen-bond acceptors (Lipinski definition) is 5. The molecule has 10 heteroatoms. The second kappa shape index (κ2) is 6.75. The van der Waals surface area contributed by atoms with Gasteiger partial charge in [0.05, 0.1) is 16.5 Å². The van der Waals surface area contributed by atoms with Gasteiger partial charge in [0, 0.05) is 23.2 Å². The lowest BCUT2D eigenvalue weighted by Crippen LogP contribution is -2.36. The highest BCUT2D eigenvalue weighted by Crippen LogP contribution is 2.31. The number of amides is 2. The zero-order valence-electron chi connectivity index (χ0n) is 13.1. The van der Waals surface area contributed by atoms with Gasteiger partial charge in [-0.1, -0.05) is 0 Å². The van der Waals surface area contributed by atoms with Gasteiger partial charge in [-0.15, -0.1) is 22.7 Å². The van der Waals surface area contributed by atoms with E-state index in [-0.39, 0.29) is 13.0 Å². The Balaban J connectivity index is 1.61. The summed E-state index contributed by atoms with van der Waals surface area (Å²) < 4.78 is 37.3. The molecule has 1 aliphatic heterocycles. The van der Waals surface area contributed by atoms with Crippen molar-refractivity contribution in [2.75, 3.05) is 18.4 Å². The van der Waals surface area contributed by atoms with Crippen molar-refractivity contribution >= 4 is 39.6 Å². The average molecular weight is 389 g/mol. The molecule has 1 fully saturated rings. The molecule has 2 amide bonds. The first-order valence-electron chi connectivity index (χ1n) is 7.39. The molecule has 1 aliphatic rings. The van der Waals surface area contributed by atoms with Crippen LogP contribution in [-0.2, 0) is 9.59 Å². The Morgan fingerprint density at radius 1 is 1.44 bits per heavy atom. The van der Waals surface area contributed by atoms with E-state index in [1.54, 1.807) is 16.7 Å². The number of likely N-dealkylation sites (tertiary alicyclic amines) is 1. The van der Waals surface area contributed by atoms with E-state index in [1.807, 2.05) is 19.1 Å². The summed E-state index contributed by atoms with van der Waals surface area (Å²) in [6, 6.07) is 3.91.